The third kappa shape index (κ3) is 3.74. The third-order valence-electron chi connectivity index (χ3n) is 4.54. The highest BCUT2D eigenvalue weighted by molar-refractivity contribution is 6.32. The lowest BCUT2D eigenvalue weighted by Gasteiger charge is -2.28. The van der Waals surface area contributed by atoms with E-state index < -0.39 is 6.10 Å². The van der Waals surface area contributed by atoms with Crippen LogP contribution in [0.25, 0.3) is 5.52 Å². The van der Waals surface area contributed by atoms with Gasteiger partial charge in [0.25, 0.3) is 0 Å². The van der Waals surface area contributed by atoms with Crippen LogP contribution in [-0.4, -0.2) is 49.9 Å². The maximum atomic E-state index is 10.0. The van der Waals surface area contributed by atoms with Crippen molar-refractivity contribution in [2.24, 2.45) is 5.92 Å². The third-order valence-corrected chi connectivity index (χ3v) is 4.82. The summed E-state index contributed by atoms with van der Waals surface area (Å²) >= 11 is 6.21. The Morgan fingerprint density at radius 2 is 2.17 bits per heavy atom. The van der Waals surface area contributed by atoms with Gasteiger partial charge in [-0.15, -0.1) is 17.5 Å². The lowest BCUT2D eigenvalue weighted by atomic mass is 9.98. The van der Waals surface area contributed by atoms with Crippen LogP contribution in [0, 0.1) is 5.92 Å². The molecule has 0 bridgehead atoms. The molecule has 24 heavy (non-hydrogen) atoms. The van der Waals surface area contributed by atoms with Crippen molar-refractivity contribution in [3.8, 4) is 0 Å². The molecule has 3 atom stereocenters. The van der Waals surface area contributed by atoms with Gasteiger partial charge < -0.3 is 15.7 Å². The second-order valence-corrected chi connectivity index (χ2v) is 6.84. The van der Waals surface area contributed by atoms with Gasteiger partial charge in [-0.3, -0.25) is 0 Å². The topological polar surface area (TPSA) is 87.4 Å². The molecule has 134 valence electrons. The Hall–Kier alpha value is -1.15. The number of halogens is 2. The minimum absolute atomic E-state index is 0. The fourth-order valence-corrected chi connectivity index (χ4v) is 2.92. The molecule has 0 aromatic carbocycles. The van der Waals surface area contributed by atoms with Crippen LogP contribution < -0.4 is 10.6 Å². The minimum atomic E-state index is -0.455. The number of rotatable bonds is 4. The Kier molecular flexibility index (Phi) is 6.25. The molecule has 1 fully saturated rings. The van der Waals surface area contributed by atoms with Crippen molar-refractivity contribution in [3.63, 3.8) is 0 Å². The van der Waals surface area contributed by atoms with E-state index in [1.54, 1.807) is 10.7 Å². The summed E-state index contributed by atoms with van der Waals surface area (Å²) in [6, 6.07) is -0.0568. The molecular formula is C15H24Cl2N6O. The minimum Gasteiger partial charge on any atom is -0.390 e. The van der Waals surface area contributed by atoms with Crippen molar-refractivity contribution in [1.29, 1.82) is 0 Å². The molecule has 0 aliphatic carbocycles. The van der Waals surface area contributed by atoms with Crippen molar-refractivity contribution in [2.75, 3.05) is 18.4 Å². The molecule has 2 aromatic heterocycles. The Balaban J connectivity index is 0.00000208. The molecule has 1 unspecified atom stereocenters. The van der Waals surface area contributed by atoms with Crippen molar-refractivity contribution in [1.82, 2.24) is 24.9 Å². The standard InChI is InChI=1S/C15H23ClN6O.ClH/c1-8(2)9(3)14-20-13(16)11-6-18-15(21-22(11)14)19-10-4-5-17-7-12(10)23;/h6,8-10,12,17,23H,4-5,7H2,1-3H3,(H,19,21);1H/t9?,10-,12-;/m1./s1. The molecule has 0 spiro atoms. The van der Waals surface area contributed by atoms with Crippen LogP contribution in [0.4, 0.5) is 5.95 Å². The number of hydrogen-bond donors (Lipinski definition) is 3. The van der Waals surface area contributed by atoms with Gasteiger partial charge in [0.15, 0.2) is 5.15 Å². The zero-order valence-corrected chi connectivity index (χ0v) is 15.6. The monoisotopic (exact) mass is 374 g/mol. The average Bonchev–Trinajstić information content (AvgIpc) is 2.85. The van der Waals surface area contributed by atoms with Gasteiger partial charge in [-0.1, -0.05) is 32.4 Å². The normalized spacial score (nSPS) is 22.4. The highest BCUT2D eigenvalue weighted by Crippen LogP contribution is 2.27. The van der Waals surface area contributed by atoms with Gasteiger partial charge in [-0.25, -0.2) is 14.5 Å². The number of hydrogen-bond acceptors (Lipinski definition) is 6. The predicted molar refractivity (Wildman–Crippen MR) is 97.2 cm³/mol. The number of aliphatic hydroxyl groups is 1. The first-order valence-electron chi connectivity index (χ1n) is 8.04. The highest BCUT2D eigenvalue weighted by atomic mass is 35.5. The first-order valence-corrected chi connectivity index (χ1v) is 8.41. The van der Waals surface area contributed by atoms with E-state index in [9.17, 15) is 5.11 Å². The van der Waals surface area contributed by atoms with E-state index in [1.807, 2.05) is 0 Å². The molecule has 2 aromatic rings. The highest BCUT2D eigenvalue weighted by Gasteiger charge is 2.24. The van der Waals surface area contributed by atoms with E-state index in [-0.39, 0.29) is 24.4 Å². The van der Waals surface area contributed by atoms with Crippen LogP contribution in [0.2, 0.25) is 5.15 Å². The van der Waals surface area contributed by atoms with E-state index in [2.05, 4.69) is 46.5 Å². The van der Waals surface area contributed by atoms with Crippen molar-refractivity contribution in [3.05, 3.63) is 17.2 Å². The average molecular weight is 375 g/mol. The van der Waals surface area contributed by atoms with Gasteiger partial charge >= 0.3 is 0 Å². The van der Waals surface area contributed by atoms with Gasteiger partial charge in [0.05, 0.1) is 18.3 Å². The van der Waals surface area contributed by atoms with E-state index in [0.717, 1.165) is 18.8 Å². The summed E-state index contributed by atoms with van der Waals surface area (Å²) in [6.07, 6.45) is 2.04. The number of β-amino-alcohol motifs (C(OH)–C–C–N with tert-alkyl or cyclic N) is 1. The van der Waals surface area contributed by atoms with Gasteiger partial charge in [0, 0.05) is 12.5 Å². The maximum absolute atomic E-state index is 10.0. The summed E-state index contributed by atoms with van der Waals surface area (Å²) in [6.45, 7) is 7.84. The Labute approximate surface area is 152 Å². The molecule has 1 saturated heterocycles. The summed E-state index contributed by atoms with van der Waals surface area (Å²) in [5.74, 6) is 1.96. The molecule has 7 nitrogen and oxygen atoms in total. The molecule has 3 rings (SSSR count). The fraction of sp³-hybridized carbons (Fsp3) is 0.667. The van der Waals surface area contributed by atoms with E-state index in [1.165, 1.54) is 0 Å². The first kappa shape index (κ1) is 19.2. The van der Waals surface area contributed by atoms with Crippen molar-refractivity contribution >= 4 is 35.5 Å². The number of imidazole rings is 1. The van der Waals surface area contributed by atoms with Crippen LogP contribution in [-0.2, 0) is 0 Å². The number of nitrogens with zero attached hydrogens (tertiary/aromatic N) is 4. The molecule has 0 radical (unpaired) electrons. The van der Waals surface area contributed by atoms with E-state index in [0.29, 0.717) is 29.1 Å². The summed E-state index contributed by atoms with van der Waals surface area (Å²) in [4.78, 5) is 8.77. The number of piperidine rings is 1. The van der Waals surface area contributed by atoms with Crippen LogP contribution in [0.15, 0.2) is 6.20 Å². The largest absolute Gasteiger partial charge is 0.390 e. The quantitative estimate of drug-likeness (QED) is 0.759. The molecule has 1 aliphatic rings. The summed E-state index contributed by atoms with van der Waals surface area (Å²) < 4.78 is 1.76. The van der Waals surface area contributed by atoms with Gasteiger partial charge in [-0.2, -0.15) is 0 Å². The molecule has 0 saturated carbocycles. The Morgan fingerprint density at radius 1 is 1.42 bits per heavy atom. The first-order chi connectivity index (χ1) is 11.0. The van der Waals surface area contributed by atoms with Gasteiger partial charge in [-0.05, 0) is 18.9 Å². The van der Waals surface area contributed by atoms with Crippen molar-refractivity contribution < 1.29 is 5.11 Å². The molecule has 1 aliphatic heterocycles. The summed E-state index contributed by atoms with van der Waals surface area (Å²) in [7, 11) is 0. The van der Waals surface area contributed by atoms with E-state index >= 15 is 0 Å². The zero-order valence-electron chi connectivity index (χ0n) is 14.0. The lowest BCUT2D eigenvalue weighted by Crippen LogP contribution is -2.47. The van der Waals surface area contributed by atoms with Gasteiger partial charge in [0.2, 0.25) is 5.95 Å². The summed E-state index contributed by atoms with van der Waals surface area (Å²) in [5.41, 5.74) is 0.700. The van der Waals surface area contributed by atoms with Crippen LogP contribution >= 0.6 is 24.0 Å². The SMILES string of the molecule is CC(C)C(C)c1nc(Cl)c2cnc(N[C@@H]3CCNC[C@H]3O)nn12.Cl. The van der Waals surface area contributed by atoms with Crippen LogP contribution in [0.5, 0.6) is 0 Å². The molecule has 0 amide bonds. The Morgan fingerprint density at radius 3 is 2.83 bits per heavy atom. The molecule has 9 heteroatoms. The number of nitrogens with one attached hydrogen (secondary N) is 2. The fourth-order valence-electron chi connectivity index (χ4n) is 2.71. The number of aromatic nitrogens is 4. The van der Waals surface area contributed by atoms with Gasteiger partial charge in [0.1, 0.15) is 11.3 Å². The molecular weight excluding hydrogens is 351 g/mol. The maximum Gasteiger partial charge on any atom is 0.241 e. The zero-order chi connectivity index (χ0) is 16.6. The number of fused-ring (bicyclic) bond motifs is 1. The number of anilines is 1. The second kappa shape index (κ2) is 7.82. The predicted octanol–water partition coefficient (Wildman–Crippen LogP) is 2.09. The lowest BCUT2D eigenvalue weighted by molar-refractivity contribution is 0.128. The summed E-state index contributed by atoms with van der Waals surface area (Å²) in [5, 5.41) is 21.4. The van der Waals surface area contributed by atoms with Crippen LogP contribution in [0.3, 0.4) is 0 Å². The number of aliphatic hydroxyl groups excluding tert-OH is 1. The van der Waals surface area contributed by atoms with Crippen molar-refractivity contribution in [2.45, 2.75) is 45.3 Å². The van der Waals surface area contributed by atoms with E-state index in [4.69, 9.17) is 11.6 Å². The Bertz CT molecular complexity index is 692. The molecule has 3 N–H and O–H groups in total. The van der Waals surface area contributed by atoms with Crippen LogP contribution in [0.1, 0.15) is 38.9 Å². The smallest absolute Gasteiger partial charge is 0.241 e. The second-order valence-electron chi connectivity index (χ2n) is 6.48. The molecule has 3 heterocycles.